The molecule has 2 aromatic carbocycles. The Bertz CT molecular complexity index is 945. The first-order chi connectivity index (χ1) is 12.7. The largest absolute Gasteiger partial charge is 0.492 e. The number of nitrogens with zero attached hydrogens (tertiary/aromatic N) is 2. The molecule has 5 nitrogen and oxygen atoms in total. The van der Waals surface area contributed by atoms with Crippen molar-refractivity contribution in [2.45, 2.75) is 19.9 Å². The summed E-state index contributed by atoms with van der Waals surface area (Å²) in [7, 11) is 1.66. The average Bonchev–Trinajstić information content (AvgIpc) is 2.99. The molecule has 0 atom stereocenters. The maximum Gasteiger partial charge on any atom is 0.252 e. The van der Waals surface area contributed by atoms with E-state index in [0.717, 1.165) is 21.5 Å². The molecule has 0 saturated heterocycles. The number of methoxy groups -OCH3 is 1. The van der Waals surface area contributed by atoms with E-state index in [-0.39, 0.29) is 12.3 Å². The number of carbonyl (C=O) groups excluding carboxylic acids is 1. The van der Waals surface area contributed by atoms with E-state index in [0.29, 0.717) is 24.6 Å². The third-order valence-electron chi connectivity index (χ3n) is 3.90. The Morgan fingerprint density at radius 2 is 1.96 bits per heavy atom. The number of fused-ring (bicyclic) bond motifs is 1. The van der Waals surface area contributed by atoms with Crippen LogP contribution < -0.4 is 9.54 Å². The second kappa shape index (κ2) is 8.78. The number of ether oxygens (including phenoxy) is 2. The van der Waals surface area contributed by atoms with Crippen LogP contribution in [0.25, 0.3) is 10.2 Å². The molecule has 0 aliphatic carbocycles. The average molecular weight is 370 g/mol. The third kappa shape index (κ3) is 4.20. The van der Waals surface area contributed by atoms with Gasteiger partial charge in [-0.3, -0.25) is 4.79 Å². The lowest BCUT2D eigenvalue weighted by Gasteiger charge is -2.09. The molecule has 26 heavy (non-hydrogen) atoms. The first kappa shape index (κ1) is 18.4. The summed E-state index contributed by atoms with van der Waals surface area (Å²) in [5, 5.41) is 0. The highest BCUT2D eigenvalue weighted by Crippen LogP contribution is 2.27. The van der Waals surface area contributed by atoms with Crippen LogP contribution in [-0.2, 0) is 22.5 Å². The van der Waals surface area contributed by atoms with Crippen LogP contribution in [-0.4, -0.2) is 30.8 Å². The smallest absolute Gasteiger partial charge is 0.252 e. The van der Waals surface area contributed by atoms with Gasteiger partial charge in [0, 0.05) is 13.7 Å². The lowest BCUT2D eigenvalue weighted by atomic mass is 10.1. The molecule has 136 valence electrons. The molecule has 0 saturated carbocycles. The summed E-state index contributed by atoms with van der Waals surface area (Å²) in [5.74, 6) is 0.640. The van der Waals surface area contributed by atoms with E-state index in [1.165, 1.54) is 11.3 Å². The lowest BCUT2D eigenvalue weighted by Crippen LogP contribution is -2.20. The quantitative estimate of drug-likeness (QED) is 0.640. The van der Waals surface area contributed by atoms with Crippen molar-refractivity contribution in [3.8, 4) is 5.75 Å². The van der Waals surface area contributed by atoms with Crippen LogP contribution in [0.3, 0.4) is 0 Å². The normalized spacial score (nSPS) is 11.8. The SMILES string of the molecule is CCOc1cccc2sc(=NC(=O)Cc3ccccc3)n(CCOC)c12. The fourth-order valence-electron chi connectivity index (χ4n) is 2.76. The number of hydrogen-bond acceptors (Lipinski definition) is 4. The molecule has 0 fully saturated rings. The van der Waals surface area contributed by atoms with Gasteiger partial charge in [0.25, 0.3) is 5.91 Å². The standard InChI is InChI=1S/C20H22N2O3S/c1-3-25-16-10-7-11-17-19(16)22(12-13-24-2)20(26-17)21-18(23)14-15-8-5-4-6-9-15/h4-11H,3,12-14H2,1-2H3. The van der Waals surface area contributed by atoms with E-state index in [9.17, 15) is 4.79 Å². The van der Waals surface area contributed by atoms with Gasteiger partial charge in [0.1, 0.15) is 11.3 Å². The molecule has 3 aromatic rings. The lowest BCUT2D eigenvalue weighted by molar-refractivity contribution is -0.117. The number of hydrogen-bond donors (Lipinski definition) is 0. The van der Waals surface area contributed by atoms with Crippen LogP contribution in [0.1, 0.15) is 12.5 Å². The molecule has 0 aliphatic heterocycles. The molecule has 6 heteroatoms. The summed E-state index contributed by atoms with van der Waals surface area (Å²) in [6, 6.07) is 15.6. The van der Waals surface area contributed by atoms with Gasteiger partial charge in [-0.15, -0.1) is 0 Å². The number of rotatable bonds is 7. The van der Waals surface area contributed by atoms with Gasteiger partial charge in [0.15, 0.2) is 4.80 Å². The maximum atomic E-state index is 12.5. The van der Waals surface area contributed by atoms with Crippen molar-refractivity contribution < 1.29 is 14.3 Å². The van der Waals surface area contributed by atoms with E-state index < -0.39 is 0 Å². The van der Waals surface area contributed by atoms with Crippen LogP contribution in [0.5, 0.6) is 5.75 Å². The van der Waals surface area contributed by atoms with E-state index in [1.807, 2.05) is 60.0 Å². The number of aromatic nitrogens is 1. The summed E-state index contributed by atoms with van der Waals surface area (Å²) in [5.41, 5.74) is 1.92. The molecule has 1 heterocycles. The van der Waals surface area contributed by atoms with Crippen LogP contribution in [0, 0.1) is 0 Å². The number of para-hydroxylation sites is 1. The number of thiazole rings is 1. The summed E-state index contributed by atoms with van der Waals surface area (Å²) < 4.78 is 14.1. The van der Waals surface area contributed by atoms with Gasteiger partial charge >= 0.3 is 0 Å². The molecule has 1 aromatic heterocycles. The van der Waals surface area contributed by atoms with Crippen LogP contribution in [0.2, 0.25) is 0 Å². The molecule has 0 N–H and O–H groups in total. The minimum absolute atomic E-state index is 0.160. The zero-order chi connectivity index (χ0) is 18.4. The van der Waals surface area contributed by atoms with E-state index >= 15 is 0 Å². The van der Waals surface area contributed by atoms with Crippen LogP contribution in [0.15, 0.2) is 53.5 Å². The number of benzene rings is 2. The van der Waals surface area contributed by atoms with Gasteiger partial charge in [-0.2, -0.15) is 4.99 Å². The van der Waals surface area contributed by atoms with Crippen molar-refractivity contribution in [1.29, 1.82) is 0 Å². The second-order valence-electron chi connectivity index (χ2n) is 5.73. The Balaban J connectivity index is 2.03. The van der Waals surface area contributed by atoms with Crippen LogP contribution in [0.4, 0.5) is 0 Å². The fraction of sp³-hybridized carbons (Fsp3) is 0.300. The van der Waals surface area contributed by atoms with Gasteiger partial charge in [0.05, 0.1) is 24.3 Å². The molecule has 0 radical (unpaired) electrons. The van der Waals surface area contributed by atoms with E-state index in [2.05, 4.69) is 4.99 Å². The molecule has 0 unspecified atom stereocenters. The Labute approximate surface area is 156 Å². The zero-order valence-electron chi connectivity index (χ0n) is 15.0. The van der Waals surface area contributed by atoms with Crippen molar-refractivity contribution >= 4 is 27.5 Å². The minimum Gasteiger partial charge on any atom is -0.492 e. The highest BCUT2D eigenvalue weighted by atomic mass is 32.1. The first-order valence-corrected chi connectivity index (χ1v) is 9.40. The van der Waals surface area contributed by atoms with Crippen molar-refractivity contribution in [3.05, 3.63) is 58.9 Å². The number of amides is 1. The Kier molecular flexibility index (Phi) is 6.20. The predicted octanol–water partition coefficient (Wildman–Crippen LogP) is 3.42. The van der Waals surface area contributed by atoms with E-state index in [4.69, 9.17) is 9.47 Å². The summed E-state index contributed by atoms with van der Waals surface area (Å²) in [6.45, 7) is 3.68. The highest BCUT2D eigenvalue weighted by Gasteiger charge is 2.12. The molecule has 3 rings (SSSR count). The molecular weight excluding hydrogens is 348 g/mol. The van der Waals surface area contributed by atoms with Gasteiger partial charge in [-0.1, -0.05) is 47.7 Å². The highest BCUT2D eigenvalue weighted by molar-refractivity contribution is 7.16. The first-order valence-electron chi connectivity index (χ1n) is 8.58. The molecule has 1 amide bonds. The summed E-state index contributed by atoms with van der Waals surface area (Å²) in [6.07, 6.45) is 0.289. The number of carbonyl (C=O) groups is 1. The monoisotopic (exact) mass is 370 g/mol. The van der Waals surface area contributed by atoms with Crippen molar-refractivity contribution in [2.24, 2.45) is 4.99 Å². The second-order valence-corrected chi connectivity index (χ2v) is 6.74. The Morgan fingerprint density at radius 1 is 1.15 bits per heavy atom. The minimum atomic E-state index is -0.160. The molecular formula is C20H22N2O3S. The van der Waals surface area contributed by atoms with Crippen molar-refractivity contribution in [3.63, 3.8) is 0 Å². The molecule has 0 bridgehead atoms. The summed E-state index contributed by atoms with van der Waals surface area (Å²) >= 11 is 1.49. The molecule has 0 aliphatic rings. The van der Waals surface area contributed by atoms with Crippen molar-refractivity contribution in [1.82, 2.24) is 4.57 Å². The Hall–Kier alpha value is -2.44. The van der Waals surface area contributed by atoms with Gasteiger partial charge < -0.3 is 14.0 Å². The predicted molar refractivity (Wildman–Crippen MR) is 104 cm³/mol. The summed E-state index contributed by atoms with van der Waals surface area (Å²) in [4.78, 5) is 17.5. The van der Waals surface area contributed by atoms with E-state index in [1.54, 1.807) is 7.11 Å². The Morgan fingerprint density at radius 3 is 2.69 bits per heavy atom. The van der Waals surface area contributed by atoms with Crippen molar-refractivity contribution in [2.75, 3.05) is 20.3 Å². The molecule has 0 spiro atoms. The van der Waals surface area contributed by atoms with Gasteiger partial charge in [0.2, 0.25) is 0 Å². The van der Waals surface area contributed by atoms with Crippen LogP contribution >= 0.6 is 11.3 Å². The fourth-order valence-corrected chi connectivity index (χ4v) is 3.85. The topological polar surface area (TPSA) is 52.8 Å². The third-order valence-corrected chi connectivity index (χ3v) is 4.95. The van der Waals surface area contributed by atoms with Gasteiger partial charge in [-0.25, -0.2) is 0 Å². The van der Waals surface area contributed by atoms with Gasteiger partial charge in [-0.05, 0) is 24.6 Å². The zero-order valence-corrected chi connectivity index (χ0v) is 15.8. The maximum absolute atomic E-state index is 12.5.